The summed E-state index contributed by atoms with van der Waals surface area (Å²) >= 11 is 0. The lowest BCUT2D eigenvalue weighted by atomic mass is 9.82. The van der Waals surface area contributed by atoms with Crippen LogP contribution in [0, 0.1) is 5.92 Å². The van der Waals surface area contributed by atoms with Crippen LogP contribution in [0.1, 0.15) is 26.7 Å². The first-order valence-electron chi connectivity index (χ1n) is 4.46. The predicted octanol–water partition coefficient (Wildman–Crippen LogP) is 0.936. The molecule has 1 atom stereocenters. The largest absolute Gasteiger partial charge is 0.372 e. The molecule has 3 heteroatoms. The van der Waals surface area contributed by atoms with Crippen molar-refractivity contribution in [2.75, 3.05) is 7.11 Å². The maximum atomic E-state index is 11.2. The van der Waals surface area contributed by atoms with E-state index in [0.29, 0.717) is 6.04 Å². The SMILES string of the molecule is COC(C)C(=O)NC1CC(C)C1. The van der Waals surface area contributed by atoms with E-state index in [-0.39, 0.29) is 12.0 Å². The van der Waals surface area contributed by atoms with Crippen molar-refractivity contribution in [3.8, 4) is 0 Å². The molecule has 70 valence electrons. The number of amides is 1. The number of ether oxygens (including phenoxy) is 1. The highest BCUT2D eigenvalue weighted by molar-refractivity contribution is 5.80. The predicted molar refractivity (Wildman–Crippen MR) is 46.8 cm³/mol. The second-order valence-electron chi connectivity index (χ2n) is 3.66. The Bertz CT molecular complexity index is 164. The molecule has 1 saturated carbocycles. The van der Waals surface area contributed by atoms with Crippen LogP contribution in [0.5, 0.6) is 0 Å². The molecule has 1 aliphatic rings. The minimum Gasteiger partial charge on any atom is -0.372 e. The first kappa shape index (κ1) is 9.52. The van der Waals surface area contributed by atoms with Gasteiger partial charge in [0.25, 0.3) is 0 Å². The van der Waals surface area contributed by atoms with Crippen molar-refractivity contribution >= 4 is 5.91 Å². The zero-order valence-electron chi connectivity index (χ0n) is 7.96. The lowest BCUT2D eigenvalue weighted by Crippen LogP contribution is -2.47. The molecule has 0 saturated heterocycles. The van der Waals surface area contributed by atoms with Gasteiger partial charge < -0.3 is 10.1 Å². The van der Waals surface area contributed by atoms with Crippen LogP contribution in [-0.4, -0.2) is 25.2 Å². The molecule has 1 unspecified atom stereocenters. The van der Waals surface area contributed by atoms with Gasteiger partial charge in [-0.1, -0.05) is 6.92 Å². The van der Waals surface area contributed by atoms with Crippen LogP contribution >= 0.6 is 0 Å². The van der Waals surface area contributed by atoms with Crippen molar-refractivity contribution < 1.29 is 9.53 Å². The summed E-state index contributed by atoms with van der Waals surface area (Å²) in [6.45, 7) is 3.96. The van der Waals surface area contributed by atoms with Gasteiger partial charge in [0.2, 0.25) is 5.91 Å². The Morgan fingerprint density at radius 2 is 2.17 bits per heavy atom. The van der Waals surface area contributed by atoms with E-state index < -0.39 is 0 Å². The minimum absolute atomic E-state index is 0.00870. The fourth-order valence-corrected chi connectivity index (χ4v) is 1.45. The quantitative estimate of drug-likeness (QED) is 0.686. The molecule has 1 amide bonds. The number of hydrogen-bond acceptors (Lipinski definition) is 2. The van der Waals surface area contributed by atoms with Crippen molar-refractivity contribution in [1.29, 1.82) is 0 Å². The van der Waals surface area contributed by atoms with E-state index in [4.69, 9.17) is 4.74 Å². The highest BCUT2D eigenvalue weighted by Crippen LogP contribution is 2.26. The first-order chi connectivity index (χ1) is 5.63. The van der Waals surface area contributed by atoms with Crippen LogP contribution in [0.15, 0.2) is 0 Å². The van der Waals surface area contributed by atoms with Gasteiger partial charge in [0.05, 0.1) is 0 Å². The summed E-state index contributed by atoms with van der Waals surface area (Å²) in [6.07, 6.45) is 1.91. The molecule has 0 radical (unpaired) electrons. The molecule has 0 aromatic heterocycles. The second-order valence-corrected chi connectivity index (χ2v) is 3.66. The van der Waals surface area contributed by atoms with E-state index in [2.05, 4.69) is 12.2 Å². The van der Waals surface area contributed by atoms with Crippen molar-refractivity contribution in [3.63, 3.8) is 0 Å². The zero-order chi connectivity index (χ0) is 9.14. The normalized spacial score (nSPS) is 30.6. The van der Waals surface area contributed by atoms with E-state index in [9.17, 15) is 4.79 Å². The number of carbonyl (C=O) groups is 1. The Hall–Kier alpha value is -0.570. The van der Waals surface area contributed by atoms with Gasteiger partial charge in [-0.3, -0.25) is 4.79 Å². The van der Waals surface area contributed by atoms with Gasteiger partial charge >= 0.3 is 0 Å². The maximum absolute atomic E-state index is 11.2. The fraction of sp³-hybridized carbons (Fsp3) is 0.889. The van der Waals surface area contributed by atoms with Gasteiger partial charge in [0, 0.05) is 13.2 Å². The smallest absolute Gasteiger partial charge is 0.249 e. The van der Waals surface area contributed by atoms with Crippen LogP contribution < -0.4 is 5.32 Å². The molecular formula is C9H17NO2. The number of hydrogen-bond donors (Lipinski definition) is 1. The fourth-order valence-electron chi connectivity index (χ4n) is 1.45. The molecule has 0 spiro atoms. The molecule has 3 nitrogen and oxygen atoms in total. The summed E-state index contributed by atoms with van der Waals surface area (Å²) in [6, 6.07) is 0.394. The zero-order valence-corrected chi connectivity index (χ0v) is 7.96. The average molecular weight is 171 g/mol. The molecule has 0 aromatic rings. The third-order valence-corrected chi connectivity index (χ3v) is 2.44. The Labute approximate surface area is 73.5 Å². The molecule has 12 heavy (non-hydrogen) atoms. The van der Waals surface area contributed by atoms with Crippen LogP contribution in [0.25, 0.3) is 0 Å². The lowest BCUT2D eigenvalue weighted by Gasteiger charge is -2.33. The summed E-state index contributed by atoms with van der Waals surface area (Å²) in [5.74, 6) is 0.780. The van der Waals surface area contributed by atoms with Crippen molar-refractivity contribution in [2.24, 2.45) is 5.92 Å². The lowest BCUT2D eigenvalue weighted by molar-refractivity contribution is -0.131. The van der Waals surface area contributed by atoms with Gasteiger partial charge in [-0.05, 0) is 25.7 Å². The molecule has 0 bridgehead atoms. The van der Waals surface area contributed by atoms with Crippen LogP contribution in [0.3, 0.4) is 0 Å². The summed E-state index contributed by atoms with van der Waals surface area (Å²) in [7, 11) is 1.55. The summed E-state index contributed by atoms with van der Waals surface area (Å²) in [5.41, 5.74) is 0. The van der Waals surface area contributed by atoms with Crippen LogP contribution in [0.4, 0.5) is 0 Å². The van der Waals surface area contributed by atoms with Gasteiger partial charge in [-0.25, -0.2) is 0 Å². The summed E-state index contributed by atoms with van der Waals surface area (Å²) in [5, 5.41) is 2.93. The Morgan fingerprint density at radius 1 is 1.58 bits per heavy atom. The third kappa shape index (κ3) is 2.21. The van der Waals surface area contributed by atoms with Gasteiger partial charge in [0.15, 0.2) is 0 Å². The standard InChI is InChI=1S/C9H17NO2/c1-6-4-8(5-6)10-9(11)7(2)12-3/h6-8H,4-5H2,1-3H3,(H,10,11). The summed E-state index contributed by atoms with van der Waals surface area (Å²) < 4.78 is 4.90. The topological polar surface area (TPSA) is 38.3 Å². The molecule has 1 rings (SSSR count). The Kier molecular flexibility index (Phi) is 3.09. The molecule has 0 aromatic carbocycles. The van der Waals surface area contributed by atoms with E-state index in [1.807, 2.05) is 0 Å². The first-order valence-corrected chi connectivity index (χ1v) is 4.46. The van der Waals surface area contributed by atoms with E-state index in [1.165, 1.54) is 0 Å². The highest BCUT2D eigenvalue weighted by atomic mass is 16.5. The number of methoxy groups -OCH3 is 1. The number of rotatable bonds is 3. The third-order valence-electron chi connectivity index (χ3n) is 2.44. The minimum atomic E-state index is -0.319. The van der Waals surface area contributed by atoms with Crippen molar-refractivity contribution in [2.45, 2.75) is 38.8 Å². The second kappa shape index (κ2) is 3.90. The number of nitrogens with one attached hydrogen (secondary N) is 1. The van der Waals surface area contributed by atoms with E-state index in [0.717, 1.165) is 18.8 Å². The highest BCUT2D eigenvalue weighted by Gasteiger charge is 2.27. The number of carbonyl (C=O) groups excluding carboxylic acids is 1. The van der Waals surface area contributed by atoms with E-state index in [1.54, 1.807) is 14.0 Å². The monoisotopic (exact) mass is 171 g/mol. The average Bonchev–Trinajstić information content (AvgIpc) is 2.00. The molecule has 1 aliphatic carbocycles. The van der Waals surface area contributed by atoms with Crippen molar-refractivity contribution in [1.82, 2.24) is 5.32 Å². The molecule has 1 fully saturated rings. The molecule has 1 N–H and O–H groups in total. The van der Waals surface area contributed by atoms with Gasteiger partial charge in [-0.15, -0.1) is 0 Å². The summed E-state index contributed by atoms with van der Waals surface area (Å²) in [4.78, 5) is 11.2. The van der Waals surface area contributed by atoms with Crippen molar-refractivity contribution in [3.05, 3.63) is 0 Å². The molecular weight excluding hydrogens is 154 g/mol. The van der Waals surface area contributed by atoms with Gasteiger partial charge in [0.1, 0.15) is 6.10 Å². The van der Waals surface area contributed by atoms with Gasteiger partial charge in [-0.2, -0.15) is 0 Å². The molecule has 0 aliphatic heterocycles. The Morgan fingerprint density at radius 3 is 2.58 bits per heavy atom. The van der Waals surface area contributed by atoms with Crippen LogP contribution in [0.2, 0.25) is 0 Å². The van der Waals surface area contributed by atoms with E-state index >= 15 is 0 Å². The molecule has 0 heterocycles. The maximum Gasteiger partial charge on any atom is 0.249 e. The Balaban J connectivity index is 2.18. The van der Waals surface area contributed by atoms with Crippen LogP contribution in [-0.2, 0) is 9.53 Å².